The first kappa shape index (κ1) is 15.2. The number of halogens is 2. The number of hydrogen-bond acceptors (Lipinski definition) is 3. The Morgan fingerprint density at radius 1 is 1.41 bits per heavy atom. The maximum atomic E-state index is 13.6. The van der Waals surface area contributed by atoms with Gasteiger partial charge in [0, 0.05) is 6.61 Å². The summed E-state index contributed by atoms with van der Waals surface area (Å²) in [5.41, 5.74) is -0.719. The molecule has 2 unspecified atom stereocenters. The smallest absolute Gasteiger partial charge is 0.319 e. The van der Waals surface area contributed by atoms with E-state index >= 15 is 0 Å². The lowest BCUT2D eigenvalue weighted by Crippen LogP contribution is -2.44. The van der Waals surface area contributed by atoms with Crippen LogP contribution in [-0.2, 0) is 14.3 Å². The second-order valence-corrected chi connectivity index (χ2v) is 6.13. The molecule has 2 atom stereocenters. The highest BCUT2D eigenvalue weighted by Gasteiger charge is 2.57. The molecule has 2 N–H and O–H groups in total. The molecule has 1 aromatic rings. The average Bonchev–Trinajstić information content (AvgIpc) is 3.18. The normalized spacial score (nSPS) is 25.7. The Morgan fingerprint density at radius 3 is 2.73 bits per heavy atom. The second kappa shape index (κ2) is 5.52. The monoisotopic (exact) mass is 327 g/mol. The summed E-state index contributed by atoms with van der Waals surface area (Å²) < 4.78 is 19.1. The number of carbonyl (C=O) groups is 2. The van der Waals surface area contributed by atoms with Crippen LogP contribution < -0.4 is 5.32 Å². The molecule has 5 nitrogen and oxygen atoms in total. The summed E-state index contributed by atoms with van der Waals surface area (Å²) in [7, 11) is 0. The Bertz CT molecular complexity index is 632. The lowest BCUT2D eigenvalue weighted by Gasteiger charge is -2.22. The van der Waals surface area contributed by atoms with Crippen molar-refractivity contribution in [2.45, 2.75) is 31.4 Å². The number of benzene rings is 1. The van der Waals surface area contributed by atoms with E-state index in [1.165, 1.54) is 12.1 Å². The van der Waals surface area contributed by atoms with Gasteiger partial charge in [-0.2, -0.15) is 0 Å². The number of nitrogens with one attached hydrogen (secondary N) is 1. The standard InChI is InChI=1S/C15H15ClFNO4/c16-9-2-1-8(7-10(9)17)12-11(3-6-22-12)18-13(19)15(4-5-15)14(20)21/h1-2,7,11-12H,3-6H2,(H,18,19)(H,20,21). The van der Waals surface area contributed by atoms with Crippen molar-refractivity contribution < 1.29 is 23.8 Å². The molecule has 7 heteroatoms. The first-order chi connectivity index (χ1) is 10.4. The van der Waals surface area contributed by atoms with Crippen molar-refractivity contribution in [3.05, 3.63) is 34.6 Å². The summed E-state index contributed by atoms with van der Waals surface area (Å²) in [5, 5.41) is 11.9. The van der Waals surface area contributed by atoms with Crippen LogP contribution in [0.2, 0.25) is 5.02 Å². The third-order valence-corrected chi connectivity index (χ3v) is 4.58. The van der Waals surface area contributed by atoms with Gasteiger partial charge in [-0.25, -0.2) is 4.39 Å². The number of carboxylic acids is 1. The third kappa shape index (κ3) is 2.57. The summed E-state index contributed by atoms with van der Waals surface area (Å²) >= 11 is 5.66. The predicted molar refractivity (Wildman–Crippen MR) is 76.0 cm³/mol. The molecule has 1 aromatic carbocycles. The SMILES string of the molecule is O=C(O)C1(C(=O)NC2CCOC2c2ccc(Cl)c(F)c2)CC1. The summed E-state index contributed by atoms with van der Waals surface area (Å²) in [5.74, 6) is -2.14. The minimum Gasteiger partial charge on any atom is -0.480 e. The van der Waals surface area contributed by atoms with E-state index in [9.17, 15) is 14.0 Å². The predicted octanol–water partition coefficient (Wildman–Crippen LogP) is 2.29. The van der Waals surface area contributed by atoms with Gasteiger partial charge in [0.2, 0.25) is 5.91 Å². The highest BCUT2D eigenvalue weighted by atomic mass is 35.5. The van der Waals surface area contributed by atoms with Crippen molar-refractivity contribution in [2.75, 3.05) is 6.61 Å². The van der Waals surface area contributed by atoms with Gasteiger partial charge in [0.05, 0.1) is 11.1 Å². The van der Waals surface area contributed by atoms with Crippen LogP contribution in [0.3, 0.4) is 0 Å². The molecule has 2 fully saturated rings. The Labute approximate surface area is 131 Å². The molecule has 1 amide bonds. The van der Waals surface area contributed by atoms with Crippen LogP contribution in [0.5, 0.6) is 0 Å². The van der Waals surface area contributed by atoms with E-state index in [0.29, 0.717) is 31.4 Å². The highest BCUT2D eigenvalue weighted by Crippen LogP contribution is 2.46. The van der Waals surface area contributed by atoms with Crippen LogP contribution in [0.25, 0.3) is 0 Å². The van der Waals surface area contributed by atoms with E-state index in [1.807, 2.05) is 0 Å². The van der Waals surface area contributed by atoms with Gasteiger partial charge < -0.3 is 15.2 Å². The number of ether oxygens (including phenoxy) is 1. The van der Waals surface area contributed by atoms with Crippen molar-refractivity contribution in [1.29, 1.82) is 0 Å². The zero-order chi connectivity index (χ0) is 15.9. The molecular formula is C15H15ClFNO4. The quantitative estimate of drug-likeness (QED) is 0.832. The number of hydrogen-bond donors (Lipinski definition) is 2. The highest BCUT2D eigenvalue weighted by molar-refractivity contribution is 6.30. The van der Waals surface area contributed by atoms with Gasteiger partial charge in [0.25, 0.3) is 0 Å². The van der Waals surface area contributed by atoms with Crippen LogP contribution in [0, 0.1) is 11.2 Å². The van der Waals surface area contributed by atoms with E-state index in [0.717, 1.165) is 0 Å². The molecule has 1 aliphatic carbocycles. The van der Waals surface area contributed by atoms with Crippen molar-refractivity contribution in [1.82, 2.24) is 5.32 Å². The Hall–Kier alpha value is -1.66. The Morgan fingerprint density at radius 2 is 2.14 bits per heavy atom. The maximum absolute atomic E-state index is 13.6. The van der Waals surface area contributed by atoms with Crippen LogP contribution in [0.1, 0.15) is 30.9 Å². The van der Waals surface area contributed by atoms with Gasteiger partial charge in [0.1, 0.15) is 17.3 Å². The minimum absolute atomic E-state index is 0.0187. The van der Waals surface area contributed by atoms with Gasteiger partial charge in [-0.15, -0.1) is 0 Å². The summed E-state index contributed by atoms with van der Waals surface area (Å²) in [6.07, 6.45) is 0.751. The van der Waals surface area contributed by atoms with Gasteiger partial charge in [0.15, 0.2) is 0 Å². The van der Waals surface area contributed by atoms with Crippen LogP contribution in [0.4, 0.5) is 4.39 Å². The maximum Gasteiger partial charge on any atom is 0.319 e. The van der Waals surface area contributed by atoms with E-state index in [1.54, 1.807) is 6.07 Å². The van der Waals surface area contributed by atoms with Crippen molar-refractivity contribution >= 4 is 23.5 Å². The van der Waals surface area contributed by atoms with Gasteiger partial charge >= 0.3 is 5.97 Å². The molecule has 0 spiro atoms. The molecule has 1 aliphatic heterocycles. The van der Waals surface area contributed by atoms with Gasteiger partial charge in [-0.1, -0.05) is 17.7 Å². The van der Waals surface area contributed by atoms with Gasteiger partial charge in [-0.3, -0.25) is 9.59 Å². The van der Waals surface area contributed by atoms with E-state index < -0.39 is 29.2 Å². The molecule has 3 rings (SSSR count). The lowest BCUT2D eigenvalue weighted by molar-refractivity contribution is -0.149. The molecule has 118 valence electrons. The van der Waals surface area contributed by atoms with Gasteiger partial charge in [-0.05, 0) is 37.0 Å². The number of carbonyl (C=O) groups excluding carboxylic acids is 1. The molecule has 22 heavy (non-hydrogen) atoms. The lowest BCUT2D eigenvalue weighted by atomic mass is 10.00. The molecule has 1 heterocycles. The van der Waals surface area contributed by atoms with E-state index in [4.69, 9.17) is 21.4 Å². The number of amides is 1. The largest absolute Gasteiger partial charge is 0.480 e. The molecule has 1 saturated heterocycles. The Balaban J connectivity index is 1.75. The molecular weight excluding hydrogens is 313 g/mol. The first-order valence-electron chi connectivity index (χ1n) is 7.05. The van der Waals surface area contributed by atoms with E-state index in [2.05, 4.69) is 5.32 Å². The summed E-state index contributed by atoms with van der Waals surface area (Å²) in [6, 6.07) is 3.99. The number of aliphatic carboxylic acids is 1. The average molecular weight is 328 g/mol. The topological polar surface area (TPSA) is 75.6 Å². The molecule has 0 aromatic heterocycles. The summed E-state index contributed by atoms with van der Waals surface area (Å²) in [4.78, 5) is 23.4. The van der Waals surface area contributed by atoms with Crippen molar-refractivity contribution in [3.63, 3.8) is 0 Å². The van der Waals surface area contributed by atoms with Crippen molar-refractivity contribution in [3.8, 4) is 0 Å². The second-order valence-electron chi connectivity index (χ2n) is 5.72. The fraction of sp³-hybridized carbons (Fsp3) is 0.467. The third-order valence-electron chi connectivity index (χ3n) is 4.27. The van der Waals surface area contributed by atoms with Crippen LogP contribution in [-0.4, -0.2) is 29.6 Å². The minimum atomic E-state index is -1.29. The zero-order valence-electron chi connectivity index (χ0n) is 11.6. The van der Waals surface area contributed by atoms with E-state index in [-0.39, 0.29) is 11.1 Å². The fourth-order valence-electron chi connectivity index (χ4n) is 2.72. The summed E-state index contributed by atoms with van der Waals surface area (Å²) in [6.45, 7) is 0.417. The molecule has 1 saturated carbocycles. The van der Waals surface area contributed by atoms with Crippen molar-refractivity contribution in [2.24, 2.45) is 5.41 Å². The zero-order valence-corrected chi connectivity index (χ0v) is 12.4. The van der Waals surface area contributed by atoms with Crippen LogP contribution >= 0.6 is 11.6 Å². The molecule has 0 bridgehead atoms. The number of carboxylic acid groups (broad SMARTS) is 1. The molecule has 2 aliphatic rings. The Kier molecular flexibility index (Phi) is 3.82. The molecule has 0 radical (unpaired) electrons. The first-order valence-corrected chi connectivity index (χ1v) is 7.43. The fourth-order valence-corrected chi connectivity index (χ4v) is 2.84. The number of rotatable bonds is 4. The van der Waals surface area contributed by atoms with Crippen LogP contribution in [0.15, 0.2) is 18.2 Å².